The highest BCUT2D eigenvalue weighted by molar-refractivity contribution is 6.18. The van der Waals surface area contributed by atoms with E-state index in [0.717, 1.165) is 50.1 Å². The number of para-hydroxylation sites is 2. The number of benzene rings is 9. The van der Waals surface area contributed by atoms with Crippen molar-refractivity contribution >= 4 is 60.5 Å². The van der Waals surface area contributed by atoms with Crippen LogP contribution in [0.4, 0.5) is 17.1 Å². The summed E-state index contributed by atoms with van der Waals surface area (Å²) in [6.07, 6.45) is 0. The second-order valence-electron chi connectivity index (χ2n) is 13.3. The van der Waals surface area contributed by atoms with Gasteiger partial charge in [-0.25, -0.2) is 0 Å². The summed E-state index contributed by atoms with van der Waals surface area (Å²) in [5.74, 6) is 0. The molecule has 0 spiro atoms. The third-order valence-corrected chi connectivity index (χ3v) is 10.2. The molecule has 1 heterocycles. The summed E-state index contributed by atoms with van der Waals surface area (Å²) in [5, 5.41) is 7.14. The van der Waals surface area contributed by atoms with Gasteiger partial charge in [-0.1, -0.05) is 152 Å². The van der Waals surface area contributed by atoms with E-state index in [-0.39, 0.29) is 0 Å². The Kier molecular flexibility index (Phi) is 7.18. The summed E-state index contributed by atoms with van der Waals surface area (Å²) in [5.41, 5.74) is 12.1. The van der Waals surface area contributed by atoms with Crippen molar-refractivity contribution in [3.63, 3.8) is 0 Å². The SMILES string of the molecule is c1ccc(-c2ccccc2N(c2ccc(-c3ccc4ccccc4c3)cc2)c2ccc(-c3c4ccccc4cc4c3oc3ccccc34)cc2)cc1. The molecule has 10 aromatic rings. The molecule has 0 radical (unpaired) electrons. The van der Waals surface area contributed by atoms with Gasteiger partial charge in [0.05, 0.1) is 5.69 Å². The standard InChI is InChI=1S/C50H33NO/c1-2-13-36(14-3-1)43-17-8-10-20-47(43)51(41-28-24-35(25-29-41)39-23-22-34-12-4-5-15-38(34)32-39)42-30-26-37(27-31-42)49-44-18-7-6-16-40(44)33-46-45-19-9-11-21-48(45)52-50(46)49/h1-33H. The fourth-order valence-corrected chi connectivity index (χ4v) is 7.72. The Hall–Kier alpha value is -6.90. The second-order valence-corrected chi connectivity index (χ2v) is 13.3. The number of hydrogen-bond donors (Lipinski definition) is 0. The van der Waals surface area contributed by atoms with E-state index < -0.39 is 0 Å². The molecule has 2 nitrogen and oxygen atoms in total. The van der Waals surface area contributed by atoms with Crippen molar-refractivity contribution in [2.75, 3.05) is 4.90 Å². The van der Waals surface area contributed by atoms with Crippen LogP contribution in [0.3, 0.4) is 0 Å². The van der Waals surface area contributed by atoms with Crippen molar-refractivity contribution in [1.29, 1.82) is 0 Å². The highest BCUT2D eigenvalue weighted by Gasteiger charge is 2.20. The van der Waals surface area contributed by atoms with Crippen LogP contribution in [0.5, 0.6) is 0 Å². The zero-order chi connectivity index (χ0) is 34.4. The molecular weight excluding hydrogens is 631 g/mol. The van der Waals surface area contributed by atoms with E-state index in [0.29, 0.717) is 0 Å². The van der Waals surface area contributed by atoms with Crippen LogP contribution in [0.2, 0.25) is 0 Å². The fraction of sp³-hybridized carbons (Fsp3) is 0. The van der Waals surface area contributed by atoms with E-state index in [2.05, 4.69) is 199 Å². The smallest absolute Gasteiger partial charge is 0.143 e. The Labute approximate surface area is 302 Å². The molecule has 0 N–H and O–H groups in total. The van der Waals surface area contributed by atoms with Crippen LogP contribution in [0.1, 0.15) is 0 Å². The third-order valence-electron chi connectivity index (χ3n) is 10.2. The van der Waals surface area contributed by atoms with E-state index in [1.54, 1.807) is 0 Å². The van der Waals surface area contributed by atoms with Gasteiger partial charge in [0, 0.05) is 33.3 Å². The lowest BCUT2D eigenvalue weighted by molar-refractivity contribution is 0.670. The number of nitrogens with zero attached hydrogens (tertiary/aromatic N) is 1. The summed E-state index contributed by atoms with van der Waals surface area (Å²) in [7, 11) is 0. The van der Waals surface area contributed by atoms with Crippen molar-refractivity contribution < 1.29 is 4.42 Å². The van der Waals surface area contributed by atoms with Crippen LogP contribution in [-0.2, 0) is 0 Å². The molecule has 0 atom stereocenters. The minimum atomic E-state index is 0.904. The second kappa shape index (κ2) is 12.5. The first-order valence-electron chi connectivity index (χ1n) is 17.8. The molecule has 52 heavy (non-hydrogen) atoms. The van der Waals surface area contributed by atoms with E-state index in [1.165, 1.54) is 43.8 Å². The van der Waals surface area contributed by atoms with Gasteiger partial charge >= 0.3 is 0 Å². The van der Waals surface area contributed by atoms with Gasteiger partial charge in [0.15, 0.2) is 0 Å². The zero-order valence-electron chi connectivity index (χ0n) is 28.4. The molecule has 0 amide bonds. The van der Waals surface area contributed by atoms with Crippen LogP contribution < -0.4 is 4.90 Å². The maximum atomic E-state index is 6.59. The Balaban J connectivity index is 1.12. The van der Waals surface area contributed by atoms with Crippen LogP contribution >= 0.6 is 0 Å². The molecule has 0 bridgehead atoms. The topological polar surface area (TPSA) is 16.4 Å². The van der Waals surface area contributed by atoms with Crippen molar-refractivity contribution in [2.45, 2.75) is 0 Å². The van der Waals surface area contributed by atoms with Crippen molar-refractivity contribution in [1.82, 2.24) is 0 Å². The lowest BCUT2D eigenvalue weighted by Gasteiger charge is -2.28. The van der Waals surface area contributed by atoms with Crippen LogP contribution in [0.15, 0.2) is 205 Å². The molecule has 9 aromatic carbocycles. The average molecular weight is 664 g/mol. The van der Waals surface area contributed by atoms with Crippen molar-refractivity contribution in [3.8, 4) is 33.4 Å². The minimum Gasteiger partial charge on any atom is -0.455 e. The maximum Gasteiger partial charge on any atom is 0.143 e. The normalized spacial score (nSPS) is 11.5. The Morgan fingerprint density at radius 1 is 0.346 bits per heavy atom. The molecule has 0 unspecified atom stereocenters. The predicted molar refractivity (Wildman–Crippen MR) is 220 cm³/mol. The van der Waals surface area contributed by atoms with E-state index in [1.807, 2.05) is 6.07 Å². The van der Waals surface area contributed by atoms with Crippen molar-refractivity contribution in [2.24, 2.45) is 0 Å². The molecule has 0 fully saturated rings. The van der Waals surface area contributed by atoms with Crippen LogP contribution in [0, 0.1) is 0 Å². The van der Waals surface area contributed by atoms with E-state index in [4.69, 9.17) is 4.42 Å². The largest absolute Gasteiger partial charge is 0.455 e. The van der Waals surface area contributed by atoms with Crippen molar-refractivity contribution in [3.05, 3.63) is 200 Å². The summed E-state index contributed by atoms with van der Waals surface area (Å²) in [4.78, 5) is 2.37. The van der Waals surface area contributed by atoms with E-state index in [9.17, 15) is 0 Å². The Bertz CT molecular complexity index is 2890. The number of rotatable bonds is 6. The van der Waals surface area contributed by atoms with E-state index >= 15 is 0 Å². The molecule has 0 aliphatic heterocycles. The Morgan fingerprint density at radius 2 is 0.942 bits per heavy atom. The number of hydrogen-bond acceptors (Lipinski definition) is 2. The Morgan fingerprint density at radius 3 is 1.73 bits per heavy atom. The minimum absolute atomic E-state index is 0.904. The highest BCUT2D eigenvalue weighted by Crippen LogP contribution is 2.44. The monoisotopic (exact) mass is 663 g/mol. The summed E-state index contributed by atoms with van der Waals surface area (Å²) in [6.45, 7) is 0. The lowest BCUT2D eigenvalue weighted by atomic mass is 9.95. The summed E-state index contributed by atoms with van der Waals surface area (Å²) < 4.78 is 6.59. The average Bonchev–Trinajstić information content (AvgIpc) is 3.59. The zero-order valence-corrected chi connectivity index (χ0v) is 28.4. The molecule has 0 aliphatic carbocycles. The molecular formula is C50H33NO. The molecule has 0 aliphatic rings. The van der Waals surface area contributed by atoms with Gasteiger partial charge in [-0.05, 0) is 92.3 Å². The molecule has 244 valence electrons. The third kappa shape index (κ3) is 5.12. The molecule has 0 saturated carbocycles. The lowest BCUT2D eigenvalue weighted by Crippen LogP contribution is -2.11. The van der Waals surface area contributed by atoms with Gasteiger partial charge in [0.2, 0.25) is 0 Å². The van der Waals surface area contributed by atoms with Crippen LogP contribution in [0.25, 0.3) is 76.9 Å². The fourth-order valence-electron chi connectivity index (χ4n) is 7.72. The molecule has 1 aromatic heterocycles. The maximum absolute atomic E-state index is 6.59. The van der Waals surface area contributed by atoms with Gasteiger partial charge in [0.1, 0.15) is 11.2 Å². The van der Waals surface area contributed by atoms with Gasteiger partial charge in [-0.2, -0.15) is 0 Å². The molecule has 0 saturated heterocycles. The quantitative estimate of drug-likeness (QED) is 0.176. The van der Waals surface area contributed by atoms with Gasteiger partial charge < -0.3 is 9.32 Å². The van der Waals surface area contributed by atoms with Gasteiger partial charge in [-0.15, -0.1) is 0 Å². The van der Waals surface area contributed by atoms with Crippen LogP contribution in [-0.4, -0.2) is 0 Å². The summed E-state index contributed by atoms with van der Waals surface area (Å²) >= 11 is 0. The predicted octanol–water partition coefficient (Wildman–Crippen LogP) is 14.4. The number of fused-ring (bicyclic) bond motifs is 5. The summed E-state index contributed by atoms with van der Waals surface area (Å²) in [6, 6.07) is 71.7. The first-order valence-corrected chi connectivity index (χ1v) is 17.8. The molecule has 10 rings (SSSR count). The van der Waals surface area contributed by atoms with Gasteiger partial charge in [-0.3, -0.25) is 0 Å². The first kappa shape index (κ1) is 30.0. The number of anilines is 3. The van der Waals surface area contributed by atoms with Gasteiger partial charge in [0.25, 0.3) is 0 Å². The first-order chi connectivity index (χ1) is 25.8. The number of furan rings is 1. The highest BCUT2D eigenvalue weighted by atomic mass is 16.3. The molecule has 2 heteroatoms.